The summed E-state index contributed by atoms with van der Waals surface area (Å²) >= 11 is 5.90. The minimum Gasteiger partial charge on any atom is -0.394 e. The lowest BCUT2D eigenvalue weighted by atomic mass is 10.1. The van der Waals surface area contributed by atoms with Crippen LogP contribution in [0.4, 0.5) is 5.82 Å². The molecule has 1 fully saturated rings. The van der Waals surface area contributed by atoms with E-state index in [1.807, 2.05) is 24.3 Å². The minimum absolute atomic E-state index is 0.399. The number of nitrogens with one attached hydrogen (secondary N) is 1. The molecule has 27 heavy (non-hydrogen) atoms. The van der Waals surface area contributed by atoms with E-state index in [4.69, 9.17) is 16.3 Å². The molecule has 1 aliphatic heterocycles. The summed E-state index contributed by atoms with van der Waals surface area (Å²) in [5.74, 6) is 0.528. The fraction of sp³-hybridized carbons (Fsp3) is 0.353. The zero-order valence-electron chi connectivity index (χ0n) is 14.1. The van der Waals surface area contributed by atoms with Gasteiger partial charge in [-0.15, -0.1) is 0 Å². The van der Waals surface area contributed by atoms with E-state index < -0.39 is 31.1 Å². The first-order valence-corrected chi connectivity index (χ1v) is 8.74. The summed E-state index contributed by atoms with van der Waals surface area (Å²) in [7, 11) is 0. The number of halogens is 1. The van der Waals surface area contributed by atoms with Crippen LogP contribution in [0.25, 0.3) is 11.2 Å². The molecular formula is C17H18ClN5O4. The molecule has 1 aliphatic rings. The lowest BCUT2D eigenvalue weighted by Crippen LogP contribution is -2.33. The predicted octanol–water partition coefficient (Wildman–Crippen LogP) is 0.703. The van der Waals surface area contributed by atoms with Gasteiger partial charge in [0, 0.05) is 11.6 Å². The van der Waals surface area contributed by atoms with Crippen LogP contribution in [0.3, 0.4) is 0 Å². The monoisotopic (exact) mass is 391 g/mol. The first-order chi connectivity index (χ1) is 13.1. The van der Waals surface area contributed by atoms with Crippen LogP contribution in [-0.4, -0.2) is 59.8 Å². The van der Waals surface area contributed by atoms with Crippen molar-refractivity contribution in [3.8, 4) is 0 Å². The highest BCUT2D eigenvalue weighted by atomic mass is 35.5. The number of aliphatic hydroxyl groups is 3. The predicted molar refractivity (Wildman–Crippen MR) is 97.1 cm³/mol. The summed E-state index contributed by atoms with van der Waals surface area (Å²) in [5, 5.41) is 33.3. The topological polar surface area (TPSA) is 126 Å². The van der Waals surface area contributed by atoms with Crippen LogP contribution in [0.5, 0.6) is 0 Å². The van der Waals surface area contributed by atoms with E-state index in [-0.39, 0.29) is 0 Å². The Morgan fingerprint density at radius 3 is 2.59 bits per heavy atom. The zero-order valence-corrected chi connectivity index (χ0v) is 14.9. The van der Waals surface area contributed by atoms with Crippen LogP contribution in [0, 0.1) is 0 Å². The smallest absolute Gasteiger partial charge is 0.167 e. The summed E-state index contributed by atoms with van der Waals surface area (Å²) in [5.41, 5.74) is 1.97. The van der Waals surface area contributed by atoms with Crippen molar-refractivity contribution in [2.45, 2.75) is 31.1 Å². The molecule has 10 heteroatoms. The van der Waals surface area contributed by atoms with E-state index in [1.165, 1.54) is 17.2 Å². The maximum atomic E-state index is 10.2. The molecule has 0 amide bonds. The highest BCUT2D eigenvalue weighted by molar-refractivity contribution is 6.30. The number of nitrogens with zero attached hydrogens (tertiary/aromatic N) is 4. The van der Waals surface area contributed by atoms with E-state index in [0.29, 0.717) is 28.5 Å². The molecule has 0 bridgehead atoms. The van der Waals surface area contributed by atoms with Crippen LogP contribution in [0.15, 0.2) is 36.9 Å². The average Bonchev–Trinajstić information content (AvgIpc) is 3.23. The summed E-state index contributed by atoms with van der Waals surface area (Å²) < 4.78 is 7.07. The summed E-state index contributed by atoms with van der Waals surface area (Å²) in [6, 6.07) is 7.44. The van der Waals surface area contributed by atoms with Crippen molar-refractivity contribution in [1.82, 2.24) is 19.5 Å². The molecule has 3 aromatic rings. The van der Waals surface area contributed by atoms with Crippen LogP contribution < -0.4 is 5.32 Å². The number of ether oxygens (including phenoxy) is 1. The molecule has 3 heterocycles. The number of hydrogen-bond acceptors (Lipinski definition) is 8. The Labute approximate surface area is 159 Å². The van der Waals surface area contributed by atoms with Gasteiger partial charge in [0.25, 0.3) is 0 Å². The van der Waals surface area contributed by atoms with Gasteiger partial charge >= 0.3 is 0 Å². The second-order valence-corrected chi connectivity index (χ2v) is 6.69. The molecular weight excluding hydrogens is 374 g/mol. The lowest BCUT2D eigenvalue weighted by molar-refractivity contribution is -0.0511. The van der Waals surface area contributed by atoms with E-state index in [0.717, 1.165) is 5.56 Å². The van der Waals surface area contributed by atoms with Gasteiger partial charge in [0.15, 0.2) is 23.2 Å². The van der Waals surface area contributed by atoms with Crippen molar-refractivity contribution in [1.29, 1.82) is 0 Å². The molecule has 2 unspecified atom stereocenters. The quantitative estimate of drug-likeness (QED) is 0.501. The van der Waals surface area contributed by atoms with Crippen molar-refractivity contribution >= 4 is 28.6 Å². The molecule has 0 saturated carbocycles. The van der Waals surface area contributed by atoms with Crippen molar-refractivity contribution in [3.05, 3.63) is 47.5 Å². The SMILES string of the molecule is OC[C@H]1O[C@@H](n2cnc3c(NCc4ccc(Cl)cc4)ncnc32)C(O)C1O. The number of fused-ring (bicyclic) bond motifs is 1. The molecule has 1 saturated heterocycles. The number of rotatable bonds is 5. The van der Waals surface area contributed by atoms with Crippen molar-refractivity contribution in [2.24, 2.45) is 0 Å². The molecule has 1 aromatic carbocycles. The van der Waals surface area contributed by atoms with Gasteiger partial charge in [-0.2, -0.15) is 0 Å². The summed E-state index contributed by atoms with van der Waals surface area (Å²) in [6.45, 7) is 0.119. The normalized spacial score (nSPS) is 25.2. The fourth-order valence-electron chi connectivity index (χ4n) is 3.07. The molecule has 142 valence electrons. The number of aliphatic hydroxyl groups excluding tert-OH is 3. The molecule has 0 aliphatic carbocycles. The number of aromatic nitrogens is 4. The number of imidazole rings is 1. The third kappa shape index (κ3) is 3.35. The van der Waals surface area contributed by atoms with Gasteiger partial charge < -0.3 is 25.4 Å². The molecule has 4 atom stereocenters. The lowest BCUT2D eigenvalue weighted by Gasteiger charge is -2.16. The average molecular weight is 392 g/mol. The van der Waals surface area contributed by atoms with Crippen LogP contribution >= 0.6 is 11.6 Å². The Morgan fingerprint density at radius 1 is 1.11 bits per heavy atom. The maximum absolute atomic E-state index is 10.2. The summed E-state index contributed by atoms with van der Waals surface area (Å²) in [4.78, 5) is 12.8. The van der Waals surface area contributed by atoms with Crippen molar-refractivity contribution in [2.75, 3.05) is 11.9 Å². The van der Waals surface area contributed by atoms with Gasteiger partial charge in [-0.05, 0) is 17.7 Å². The Kier molecular flexibility index (Phi) is 4.94. The second kappa shape index (κ2) is 7.37. The fourth-order valence-corrected chi connectivity index (χ4v) is 3.19. The molecule has 0 spiro atoms. The van der Waals surface area contributed by atoms with Gasteiger partial charge in [-0.25, -0.2) is 15.0 Å². The first kappa shape index (κ1) is 18.1. The third-order valence-electron chi connectivity index (χ3n) is 4.52. The molecule has 4 N–H and O–H groups in total. The van der Waals surface area contributed by atoms with Gasteiger partial charge in [0.1, 0.15) is 24.6 Å². The summed E-state index contributed by atoms with van der Waals surface area (Å²) in [6.07, 6.45) is -1.33. The largest absolute Gasteiger partial charge is 0.394 e. The van der Waals surface area contributed by atoms with E-state index >= 15 is 0 Å². The highest BCUT2D eigenvalue weighted by Gasteiger charge is 2.44. The Balaban J connectivity index is 1.59. The molecule has 0 radical (unpaired) electrons. The second-order valence-electron chi connectivity index (χ2n) is 6.26. The van der Waals surface area contributed by atoms with Gasteiger partial charge in [0.05, 0.1) is 12.9 Å². The van der Waals surface area contributed by atoms with E-state index in [9.17, 15) is 15.3 Å². The molecule has 2 aromatic heterocycles. The van der Waals surface area contributed by atoms with E-state index in [2.05, 4.69) is 20.3 Å². The molecule has 9 nitrogen and oxygen atoms in total. The van der Waals surface area contributed by atoms with Gasteiger partial charge in [0.2, 0.25) is 0 Å². The van der Waals surface area contributed by atoms with E-state index in [1.54, 1.807) is 0 Å². The van der Waals surface area contributed by atoms with Crippen molar-refractivity contribution in [3.63, 3.8) is 0 Å². The Hall–Kier alpha value is -2.30. The maximum Gasteiger partial charge on any atom is 0.167 e. The zero-order chi connectivity index (χ0) is 19.0. The third-order valence-corrected chi connectivity index (χ3v) is 4.78. The highest BCUT2D eigenvalue weighted by Crippen LogP contribution is 2.32. The van der Waals surface area contributed by atoms with Crippen LogP contribution in [0.2, 0.25) is 5.02 Å². The number of anilines is 1. The minimum atomic E-state index is -1.21. The van der Waals surface area contributed by atoms with Gasteiger partial charge in [-0.1, -0.05) is 23.7 Å². The van der Waals surface area contributed by atoms with Gasteiger partial charge in [-0.3, -0.25) is 4.57 Å². The number of benzene rings is 1. The first-order valence-electron chi connectivity index (χ1n) is 8.37. The number of hydrogen-bond donors (Lipinski definition) is 4. The van der Waals surface area contributed by atoms with Crippen LogP contribution in [0.1, 0.15) is 11.8 Å². The Bertz CT molecular complexity index is 935. The standard InChI is InChI=1S/C17H18ClN5O4/c18-10-3-1-9(2-4-10)5-19-15-12-16(21-7-20-15)23(8-22-12)17-14(26)13(25)11(6-24)27-17/h1-4,7-8,11,13-14,17,24-26H,5-6H2,(H,19,20,21)/t11-,13?,14?,17-/m1/s1. The van der Waals surface area contributed by atoms with Crippen molar-refractivity contribution < 1.29 is 20.1 Å². The molecule has 4 rings (SSSR count). The van der Waals surface area contributed by atoms with Crippen LogP contribution in [-0.2, 0) is 11.3 Å². The Morgan fingerprint density at radius 2 is 1.89 bits per heavy atom.